The molecular formula is C17H19F2N3O. The topological polar surface area (TPSA) is 45.2 Å². The van der Waals surface area contributed by atoms with Gasteiger partial charge >= 0.3 is 0 Å². The van der Waals surface area contributed by atoms with Gasteiger partial charge in [0.25, 0.3) is 0 Å². The fourth-order valence-electron chi connectivity index (χ4n) is 2.09. The van der Waals surface area contributed by atoms with Gasteiger partial charge in [-0.05, 0) is 43.3 Å². The summed E-state index contributed by atoms with van der Waals surface area (Å²) in [5.74, 6) is -1.96. The Labute approximate surface area is 134 Å². The van der Waals surface area contributed by atoms with Crippen LogP contribution in [0.15, 0.2) is 42.7 Å². The maximum atomic E-state index is 13.4. The van der Waals surface area contributed by atoms with Gasteiger partial charge in [-0.25, -0.2) is 8.78 Å². The Morgan fingerprint density at radius 1 is 1.13 bits per heavy atom. The number of aromatic nitrogens is 1. The number of carbonyl (C=O) groups is 1. The number of carbonyl (C=O) groups excluding carboxylic acids is 1. The van der Waals surface area contributed by atoms with Crippen molar-refractivity contribution >= 4 is 11.6 Å². The molecule has 4 nitrogen and oxygen atoms in total. The van der Waals surface area contributed by atoms with Crippen LogP contribution in [-0.4, -0.2) is 35.9 Å². The third kappa shape index (κ3) is 5.41. The van der Waals surface area contributed by atoms with E-state index in [1.165, 1.54) is 11.6 Å². The molecule has 1 aromatic heterocycles. The SMILES string of the molecule is CN(CCC(=O)Nc1c(F)cccc1F)CCc1ccncc1. The lowest BCUT2D eigenvalue weighted by molar-refractivity contribution is -0.116. The number of para-hydroxylation sites is 1. The molecule has 0 saturated carbocycles. The van der Waals surface area contributed by atoms with E-state index < -0.39 is 23.2 Å². The smallest absolute Gasteiger partial charge is 0.225 e. The van der Waals surface area contributed by atoms with Crippen molar-refractivity contribution < 1.29 is 13.6 Å². The highest BCUT2D eigenvalue weighted by Gasteiger charge is 2.12. The van der Waals surface area contributed by atoms with E-state index in [0.29, 0.717) is 6.54 Å². The number of nitrogens with one attached hydrogen (secondary N) is 1. The van der Waals surface area contributed by atoms with Gasteiger partial charge in [-0.2, -0.15) is 0 Å². The van der Waals surface area contributed by atoms with Crippen molar-refractivity contribution in [1.82, 2.24) is 9.88 Å². The summed E-state index contributed by atoms with van der Waals surface area (Å²) in [6, 6.07) is 7.37. The molecule has 0 aliphatic rings. The number of hydrogen-bond acceptors (Lipinski definition) is 3. The van der Waals surface area contributed by atoms with Crippen LogP contribution in [-0.2, 0) is 11.2 Å². The minimum Gasteiger partial charge on any atom is -0.321 e. The van der Waals surface area contributed by atoms with Gasteiger partial charge in [-0.15, -0.1) is 0 Å². The Morgan fingerprint density at radius 3 is 2.43 bits per heavy atom. The number of nitrogens with zero attached hydrogens (tertiary/aromatic N) is 2. The summed E-state index contributed by atoms with van der Waals surface area (Å²) < 4.78 is 26.9. The number of amides is 1. The van der Waals surface area contributed by atoms with Gasteiger partial charge in [-0.1, -0.05) is 6.07 Å². The fraction of sp³-hybridized carbons (Fsp3) is 0.294. The molecule has 1 amide bonds. The highest BCUT2D eigenvalue weighted by molar-refractivity contribution is 5.91. The lowest BCUT2D eigenvalue weighted by atomic mass is 10.2. The average Bonchev–Trinajstić information content (AvgIpc) is 2.55. The predicted molar refractivity (Wildman–Crippen MR) is 85.0 cm³/mol. The molecule has 0 fully saturated rings. The highest BCUT2D eigenvalue weighted by Crippen LogP contribution is 2.18. The quantitative estimate of drug-likeness (QED) is 0.853. The van der Waals surface area contributed by atoms with Gasteiger partial charge in [0, 0.05) is 31.9 Å². The predicted octanol–water partition coefficient (Wildman–Crippen LogP) is 2.86. The molecule has 0 spiro atoms. The van der Waals surface area contributed by atoms with E-state index in [0.717, 1.165) is 25.1 Å². The molecule has 0 unspecified atom stereocenters. The van der Waals surface area contributed by atoms with Crippen molar-refractivity contribution in [2.75, 3.05) is 25.5 Å². The second-order valence-corrected chi connectivity index (χ2v) is 5.30. The van der Waals surface area contributed by atoms with Crippen molar-refractivity contribution in [2.24, 2.45) is 0 Å². The minimum absolute atomic E-state index is 0.167. The van der Waals surface area contributed by atoms with Gasteiger partial charge in [-0.3, -0.25) is 9.78 Å². The highest BCUT2D eigenvalue weighted by atomic mass is 19.1. The van der Waals surface area contributed by atoms with Crippen LogP contribution in [0.1, 0.15) is 12.0 Å². The van der Waals surface area contributed by atoms with Crippen molar-refractivity contribution in [3.8, 4) is 0 Å². The fourth-order valence-corrected chi connectivity index (χ4v) is 2.09. The summed E-state index contributed by atoms with van der Waals surface area (Å²) in [7, 11) is 1.90. The molecule has 2 rings (SSSR count). The van der Waals surface area contributed by atoms with Gasteiger partial charge in [0.2, 0.25) is 5.91 Å². The molecule has 0 aliphatic heterocycles. The second-order valence-electron chi connectivity index (χ2n) is 5.30. The van der Waals surface area contributed by atoms with Gasteiger partial charge in [0.15, 0.2) is 0 Å². The van der Waals surface area contributed by atoms with E-state index in [4.69, 9.17) is 0 Å². The molecule has 23 heavy (non-hydrogen) atoms. The Kier molecular flexibility index (Phi) is 6.17. The van der Waals surface area contributed by atoms with E-state index in [-0.39, 0.29) is 6.42 Å². The Balaban J connectivity index is 1.75. The first-order valence-electron chi connectivity index (χ1n) is 7.37. The molecule has 6 heteroatoms. The normalized spacial score (nSPS) is 10.8. The molecule has 0 bridgehead atoms. The van der Waals surface area contributed by atoms with Gasteiger partial charge in [0.05, 0.1) is 0 Å². The molecule has 1 heterocycles. The lowest BCUT2D eigenvalue weighted by Crippen LogP contribution is -2.26. The van der Waals surface area contributed by atoms with E-state index >= 15 is 0 Å². The molecule has 2 aromatic rings. The van der Waals surface area contributed by atoms with Crippen LogP contribution in [0.4, 0.5) is 14.5 Å². The van der Waals surface area contributed by atoms with Crippen LogP contribution in [0, 0.1) is 11.6 Å². The summed E-state index contributed by atoms with van der Waals surface area (Å²) in [6.07, 6.45) is 4.50. The second kappa shape index (κ2) is 8.33. The van der Waals surface area contributed by atoms with Crippen LogP contribution in [0.2, 0.25) is 0 Å². The minimum atomic E-state index is -0.774. The van der Waals surface area contributed by atoms with E-state index in [1.54, 1.807) is 12.4 Å². The first-order chi connectivity index (χ1) is 11.1. The summed E-state index contributed by atoms with van der Waals surface area (Å²) in [5.41, 5.74) is 0.779. The molecule has 1 N–H and O–H groups in total. The third-order valence-corrected chi connectivity index (χ3v) is 3.48. The zero-order chi connectivity index (χ0) is 16.7. The molecule has 0 aliphatic carbocycles. The largest absolute Gasteiger partial charge is 0.321 e. The maximum absolute atomic E-state index is 13.4. The summed E-state index contributed by atoms with van der Waals surface area (Å²) in [6.45, 7) is 1.29. The number of likely N-dealkylation sites (N-methyl/N-ethyl adjacent to an activating group) is 1. The van der Waals surface area contributed by atoms with Crippen LogP contribution >= 0.6 is 0 Å². The number of pyridine rings is 1. The van der Waals surface area contributed by atoms with E-state index in [1.807, 2.05) is 24.1 Å². The number of halogens is 2. The number of hydrogen-bond donors (Lipinski definition) is 1. The first-order valence-corrected chi connectivity index (χ1v) is 7.37. The Hall–Kier alpha value is -2.34. The molecule has 1 aromatic carbocycles. The third-order valence-electron chi connectivity index (χ3n) is 3.48. The van der Waals surface area contributed by atoms with E-state index in [9.17, 15) is 13.6 Å². The number of rotatable bonds is 7. The average molecular weight is 319 g/mol. The van der Waals surface area contributed by atoms with Crippen LogP contribution in [0.5, 0.6) is 0 Å². The zero-order valence-corrected chi connectivity index (χ0v) is 12.9. The molecule has 0 radical (unpaired) electrons. The molecule has 0 atom stereocenters. The van der Waals surface area contributed by atoms with Crippen LogP contribution < -0.4 is 5.32 Å². The first kappa shape index (κ1) is 17.0. The van der Waals surface area contributed by atoms with Gasteiger partial charge in [0.1, 0.15) is 17.3 Å². The Bertz CT molecular complexity index is 629. The van der Waals surface area contributed by atoms with Crippen LogP contribution in [0.3, 0.4) is 0 Å². The van der Waals surface area contributed by atoms with Crippen molar-refractivity contribution in [3.63, 3.8) is 0 Å². The van der Waals surface area contributed by atoms with Crippen LogP contribution in [0.25, 0.3) is 0 Å². The van der Waals surface area contributed by atoms with E-state index in [2.05, 4.69) is 10.3 Å². The number of anilines is 1. The zero-order valence-electron chi connectivity index (χ0n) is 12.9. The van der Waals surface area contributed by atoms with Crippen molar-refractivity contribution in [3.05, 3.63) is 59.9 Å². The molecule has 0 saturated heterocycles. The summed E-state index contributed by atoms with van der Waals surface area (Å²) in [5, 5.41) is 2.28. The summed E-state index contributed by atoms with van der Waals surface area (Å²) >= 11 is 0. The number of benzene rings is 1. The standard InChI is InChI=1S/C17H19F2N3O/c1-22(11-7-13-5-9-20-10-6-13)12-8-16(23)21-17-14(18)3-2-4-15(17)19/h2-6,9-10H,7-8,11-12H2,1H3,(H,21,23). The van der Waals surface area contributed by atoms with Gasteiger partial charge < -0.3 is 10.2 Å². The molecular weight excluding hydrogens is 300 g/mol. The molecule has 122 valence electrons. The Morgan fingerprint density at radius 2 is 1.78 bits per heavy atom. The maximum Gasteiger partial charge on any atom is 0.225 e. The lowest BCUT2D eigenvalue weighted by Gasteiger charge is -2.16. The van der Waals surface area contributed by atoms with Crippen molar-refractivity contribution in [1.29, 1.82) is 0 Å². The monoisotopic (exact) mass is 319 g/mol. The summed E-state index contributed by atoms with van der Waals surface area (Å²) in [4.78, 5) is 17.8. The van der Waals surface area contributed by atoms with Crippen molar-refractivity contribution in [2.45, 2.75) is 12.8 Å².